The number of sulfonamides is 1. The van der Waals surface area contributed by atoms with Crippen molar-refractivity contribution in [3.05, 3.63) is 72.8 Å². The summed E-state index contributed by atoms with van der Waals surface area (Å²) in [7, 11) is -3.58. The first kappa shape index (κ1) is 20.5. The van der Waals surface area contributed by atoms with E-state index in [0.717, 1.165) is 16.5 Å². The van der Waals surface area contributed by atoms with Crippen molar-refractivity contribution in [3.8, 4) is 0 Å². The van der Waals surface area contributed by atoms with Crippen LogP contribution in [-0.4, -0.2) is 44.9 Å². The molecule has 30 heavy (non-hydrogen) atoms. The number of benzene rings is 3. The van der Waals surface area contributed by atoms with E-state index in [2.05, 4.69) is 14.9 Å². The van der Waals surface area contributed by atoms with Crippen molar-refractivity contribution < 1.29 is 13.2 Å². The maximum absolute atomic E-state index is 12.8. The fourth-order valence-electron chi connectivity index (χ4n) is 3.76. The Labute approximate surface area is 177 Å². The number of fused-ring (bicyclic) bond motifs is 1. The van der Waals surface area contributed by atoms with E-state index in [1.807, 2.05) is 60.7 Å². The second-order valence-corrected chi connectivity index (χ2v) is 9.31. The fourth-order valence-corrected chi connectivity index (χ4v) is 5.10. The van der Waals surface area contributed by atoms with Crippen LogP contribution in [0.4, 0.5) is 5.69 Å². The Kier molecular flexibility index (Phi) is 6.13. The van der Waals surface area contributed by atoms with E-state index in [9.17, 15) is 13.2 Å². The number of piperidine rings is 1. The molecule has 1 saturated heterocycles. The number of rotatable bonds is 6. The lowest BCUT2D eigenvalue weighted by Crippen LogP contribution is -2.46. The largest absolute Gasteiger partial charge is 0.325 e. The Balaban J connectivity index is 1.31. The highest BCUT2D eigenvalue weighted by atomic mass is 32.2. The average molecular weight is 424 g/mol. The van der Waals surface area contributed by atoms with E-state index in [4.69, 9.17) is 0 Å². The van der Waals surface area contributed by atoms with Crippen molar-refractivity contribution in [2.24, 2.45) is 0 Å². The predicted molar refractivity (Wildman–Crippen MR) is 119 cm³/mol. The quantitative estimate of drug-likeness (QED) is 0.638. The minimum atomic E-state index is -3.58. The number of hydrogen-bond acceptors (Lipinski definition) is 4. The third-order valence-corrected chi connectivity index (χ3v) is 6.88. The van der Waals surface area contributed by atoms with E-state index in [-0.39, 0.29) is 16.8 Å². The van der Waals surface area contributed by atoms with E-state index >= 15 is 0 Å². The minimum absolute atomic E-state index is 0.0589. The maximum Gasteiger partial charge on any atom is 0.240 e. The molecule has 0 bridgehead atoms. The second kappa shape index (κ2) is 8.95. The van der Waals surface area contributed by atoms with Crippen molar-refractivity contribution in [2.45, 2.75) is 23.8 Å². The van der Waals surface area contributed by atoms with Gasteiger partial charge in [-0.25, -0.2) is 13.1 Å². The Morgan fingerprint density at radius 3 is 2.30 bits per heavy atom. The molecule has 0 atom stereocenters. The molecule has 7 heteroatoms. The molecule has 6 nitrogen and oxygen atoms in total. The molecule has 0 saturated carbocycles. The highest BCUT2D eigenvalue weighted by Gasteiger charge is 2.25. The Hall–Kier alpha value is -2.74. The molecule has 1 aliphatic rings. The normalized spacial score (nSPS) is 15.9. The first-order valence-electron chi connectivity index (χ1n) is 10.1. The third-order valence-electron chi connectivity index (χ3n) is 5.37. The maximum atomic E-state index is 12.8. The van der Waals surface area contributed by atoms with Gasteiger partial charge < -0.3 is 5.32 Å². The van der Waals surface area contributed by atoms with Gasteiger partial charge in [0.1, 0.15) is 0 Å². The van der Waals surface area contributed by atoms with Crippen LogP contribution in [0.25, 0.3) is 10.8 Å². The van der Waals surface area contributed by atoms with E-state index in [0.29, 0.717) is 32.5 Å². The van der Waals surface area contributed by atoms with Gasteiger partial charge in [0, 0.05) is 24.8 Å². The molecule has 0 unspecified atom stereocenters. The van der Waals surface area contributed by atoms with Crippen molar-refractivity contribution in [1.82, 2.24) is 9.62 Å². The van der Waals surface area contributed by atoms with Crippen LogP contribution in [0.2, 0.25) is 0 Å². The first-order valence-corrected chi connectivity index (χ1v) is 11.6. The lowest BCUT2D eigenvalue weighted by atomic mass is 10.1. The van der Waals surface area contributed by atoms with Gasteiger partial charge in [-0.15, -0.1) is 0 Å². The van der Waals surface area contributed by atoms with Gasteiger partial charge in [-0.1, -0.05) is 48.5 Å². The van der Waals surface area contributed by atoms with Gasteiger partial charge in [0.25, 0.3) is 0 Å². The molecular formula is C23H25N3O3S. The van der Waals surface area contributed by atoms with Crippen LogP contribution in [0.3, 0.4) is 0 Å². The second-order valence-electron chi connectivity index (χ2n) is 7.59. The number of hydrogen-bond donors (Lipinski definition) is 2. The number of nitrogens with zero attached hydrogens (tertiary/aromatic N) is 1. The molecule has 3 aromatic carbocycles. The number of anilines is 1. The summed E-state index contributed by atoms with van der Waals surface area (Å²) in [5.74, 6) is -0.0589. The topological polar surface area (TPSA) is 78.5 Å². The molecule has 4 rings (SSSR count). The molecule has 1 aliphatic heterocycles. The van der Waals surface area contributed by atoms with Gasteiger partial charge in [-0.2, -0.15) is 0 Å². The molecule has 156 valence electrons. The van der Waals surface area contributed by atoms with Gasteiger partial charge in [0.2, 0.25) is 15.9 Å². The number of carbonyl (C=O) groups excluding carboxylic acids is 1. The van der Waals surface area contributed by atoms with Crippen molar-refractivity contribution in [1.29, 1.82) is 0 Å². The summed E-state index contributed by atoms with van der Waals surface area (Å²) in [6, 6.07) is 22.1. The smallest absolute Gasteiger partial charge is 0.240 e. The Morgan fingerprint density at radius 1 is 0.900 bits per heavy atom. The minimum Gasteiger partial charge on any atom is -0.325 e. The number of nitrogens with one attached hydrogen (secondary N) is 2. The van der Waals surface area contributed by atoms with Crippen molar-refractivity contribution in [3.63, 3.8) is 0 Å². The Bertz CT molecular complexity index is 1120. The van der Waals surface area contributed by atoms with E-state index < -0.39 is 10.0 Å². The molecular weight excluding hydrogens is 398 g/mol. The average Bonchev–Trinajstić information content (AvgIpc) is 2.75. The highest BCUT2D eigenvalue weighted by molar-refractivity contribution is 7.89. The van der Waals surface area contributed by atoms with Gasteiger partial charge in [-0.3, -0.25) is 9.69 Å². The van der Waals surface area contributed by atoms with Crippen LogP contribution in [0.1, 0.15) is 12.8 Å². The van der Waals surface area contributed by atoms with Crippen LogP contribution in [0.15, 0.2) is 77.7 Å². The van der Waals surface area contributed by atoms with Crippen LogP contribution in [0.5, 0.6) is 0 Å². The SMILES string of the molecule is O=C(CN1CCC(NS(=O)(=O)c2ccc3ccccc3c2)CC1)Nc1ccccc1. The molecule has 1 heterocycles. The predicted octanol–water partition coefficient (Wildman–Crippen LogP) is 3.22. The lowest BCUT2D eigenvalue weighted by molar-refractivity contribution is -0.117. The number of likely N-dealkylation sites (tertiary alicyclic amines) is 1. The summed E-state index contributed by atoms with van der Waals surface area (Å²) in [5.41, 5.74) is 0.778. The number of carbonyl (C=O) groups is 1. The van der Waals surface area contributed by atoms with Gasteiger partial charge >= 0.3 is 0 Å². The molecule has 2 N–H and O–H groups in total. The van der Waals surface area contributed by atoms with Crippen LogP contribution < -0.4 is 10.0 Å². The van der Waals surface area contributed by atoms with Gasteiger partial charge in [-0.05, 0) is 47.9 Å². The number of amides is 1. The molecule has 3 aromatic rings. The van der Waals surface area contributed by atoms with Crippen LogP contribution >= 0.6 is 0 Å². The summed E-state index contributed by atoms with van der Waals surface area (Å²) < 4.78 is 28.5. The molecule has 0 radical (unpaired) electrons. The zero-order chi connectivity index (χ0) is 21.0. The van der Waals surface area contributed by atoms with Gasteiger partial charge in [0.05, 0.1) is 11.4 Å². The number of para-hydroxylation sites is 1. The molecule has 0 aromatic heterocycles. The zero-order valence-corrected chi connectivity index (χ0v) is 17.4. The summed E-state index contributed by atoms with van der Waals surface area (Å²) in [6.45, 7) is 1.65. The summed E-state index contributed by atoms with van der Waals surface area (Å²) in [6.07, 6.45) is 1.34. The summed E-state index contributed by atoms with van der Waals surface area (Å²) in [5, 5.41) is 4.80. The summed E-state index contributed by atoms with van der Waals surface area (Å²) in [4.78, 5) is 14.6. The molecule has 1 fully saturated rings. The molecule has 0 spiro atoms. The Morgan fingerprint density at radius 2 is 1.57 bits per heavy atom. The monoisotopic (exact) mass is 423 g/mol. The lowest BCUT2D eigenvalue weighted by Gasteiger charge is -2.31. The van der Waals surface area contributed by atoms with Gasteiger partial charge in [0.15, 0.2) is 0 Å². The standard InChI is InChI=1S/C23H25N3O3S/c27-23(24-20-8-2-1-3-9-20)17-26-14-12-21(13-15-26)25-30(28,29)22-11-10-18-6-4-5-7-19(18)16-22/h1-11,16,21,25H,12-15,17H2,(H,24,27). The molecule has 1 amide bonds. The van der Waals surface area contributed by atoms with Crippen LogP contribution in [-0.2, 0) is 14.8 Å². The third kappa shape index (κ3) is 5.05. The highest BCUT2D eigenvalue weighted by Crippen LogP contribution is 2.20. The van der Waals surface area contributed by atoms with E-state index in [1.54, 1.807) is 12.1 Å². The zero-order valence-electron chi connectivity index (χ0n) is 16.6. The first-order chi connectivity index (χ1) is 14.5. The van der Waals surface area contributed by atoms with Crippen LogP contribution in [0, 0.1) is 0 Å². The van der Waals surface area contributed by atoms with Crippen molar-refractivity contribution >= 4 is 32.4 Å². The summed E-state index contributed by atoms with van der Waals surface area (Å²) >= 11 is 0. The fraction of sp³-hybridized carbons (Fsp3) is 0.261. The van der Waals surface area contributed by atoms with Crippen molar-refractivity contribution in [2.75, 3.05) is 25.0 Å². The van der Waals surface area contributed by atoms with E-state index in [1.165, 1.54) is 0 Å². The molecule has 0 aliphatic carbocycles.